The fourth-order valence-corrected chi connectivity index (χ4v) is 4.32. The lowest BCUT2D eigenvalue weighted by atomic mass is 9.91. The Kier molecular flexibility index (Phi) is 5.24. The Labute approximate surface area is 139 Å². The highest BCUT2D eigenvalue weighted by molar-refractivity contribution is 5.84. The molecule has 0 aromatic heterocycles. The van der Waals surface area contributed by atoms with Gasteiger partial charge in [0.2, 0.25) is 11.8 Å². The van der Waals surface area contributed by atoms with Crippen LogP contribution in [0.2, 0.25) is 0 Å². The fourth-order valence-electron chi connectivity index (χ4n) is 4.32. The van der Waals surface area contributed by atoms with Gasteiger partial charge in [-0.25, -0.2) is 0 Å². The molecule has 5 nitrogen and oxygen atoms in total. The van der Waals surface area contributed by atoms with Crippen LogP contribution in [0.4, 0.5) is 0 Å². The number of carbonyl (C=O) groups is 2. The summed E-state index contributed by atoms with van der Waals surface area (Å²) in [4.78, 5) is 27.1. The highest BCUT2D eigenvalue weighted by Gasteiger charge is 2.58. The van der Waals surface area contributed by atoms with Crippen LogP contribution in [0.3, 0.4) is 0 Å². The first kappa shape index (κ1) is 16.7. The van der Waals surface area contributed by atoms with Crippen molar-refractivity contribution in [2.45, 2.75) is 51.9 Å². The number of piperidine rings is 2. The highest BCUT2D eigenvalue weighted by atomic mass is 16.2. The summed E-state index contributed by atoms with van der Waals surface area (Å²) >= 11 is 0. The fraction of sp³-hybridized carbons (Fsp3) is 0.889. The molecule has 1 aliphatic carbocycles. The van der Waals surface area contributed by atoms with Crippen molar-refractivity contribution in [2.75, 3.05) is 32.7 Å². The van der Waals surface area contributed by atoms with Crippen molar-refractivity contribution in [2.24, 2.45) is 17.3 Å². The van der Waals surface area contributed by atoms with Crippen LogP contribution < -0.4 is 10.6 Å². The average Bonchev–Trinajstić information content (AvgIpc) is 3.28. The number of nitrogens with zero attached hydrogens (tertiary/aromatic N) is 1. The minimum Gasteiger partial charge on any atom is -0.356 e. The Hall–Kier alpha value is -1.10. The van der Waals surface area contributed by atoms with Crippen LogP contribution in [0.1, 0.15) is 51.9 Å². The SMILES string of the molecule is CCCCNC(=O)C1CCCN(C(=O)C2CC23CCNCC3)C1. The summed E-state index contributed by atoms with van der Waals surface area (Å²) in [5.41, 5.74) is 0.290. The van der Waals surface area contributed by atoms with Crippen LogP contribution in [-0.2, 0) is 9.59 Å². The van der Waals surface area contributed by atoms with E-state index in [-0.39, 0.29) is 17.7 Å². The summed E-state index contributed by atoms with van der Waals surface area (Å²) < 4.78 is 0. The van der Waals surface area contributed by atoms with Gasteiger partial charge in [-0.2, -0.15) is 0 Å². The molecule has 2 amide bonds. The van der Waals surface area contributed by atoms with Gasteiger partial charge in [0, 0.05) is 25.6 Å². The van der Waals surface area contributed by atoms with Crippen molar-refractivity contribution in [1.29, 1.82) is 0 Å². The number of likely N-dealkylation sites (tertiary alicyclic amines) is 1. The molecule has 0 radical (unpaired) electrons. The first-order valence-corrected chi connectivity index (χ1v) is 9.43. The van der Waals surface area contributed by atoms with E-state index in [1.54, 1.807) is 0 Å². The molecule has 3 fully saturated rings. The molecular formula is C18H31N3O2. The van der Waals surface area contributed by atoms with Gasteiger partial charge < -0.3 is 15.5 Å². The standard InChI is InChI=1S/C18H31N3O2/c1-2-3-8-20-16(22)14-5-4-11-21(13-14)17(23)15-12-18(15)6-9-19-10-7-18/h14-15,19H,2-13H2,1H3,(H,20,22). The van der Waals surface area contributed by atoms with Gasteiger partial charge in [0.1, 0.15) is 0 Å². The zero-order valence-corrected chi connectivity index (χ0v) is 14.4. The second-order valence-corrected chi connectivity index (χ2v) is 7.64. The third-order valence-corrected chi connectivity index (χ3v) is 6.02. The Morgan fingerprint density at radius 1 is 1.30 bits per heavy atom. The zero-order chi connectivity index (χ0) is 16.3. The maximum atomic E-state index is 12.8. The van der Waals surface area contributed by atoms with E-state index < -0.39 is 0 Å². The van der Waals surface area contributed by atoms with Crippen molar-refractivity contribution in [3.63, 3.8) is 0 Å². The molecule has 3 aliphatic rings. The van der Waals surface area contributed by atoms with Gasteiger partial charge in [-0.3, -0.25) is 9.59 Å². The second kappa shape index (κ2) is 7.20. The highest BCUT2D eigenvalue weighted by Crippen LogP contribution is 2.59. The van der Waals surface area contributed by atoms with Gasteiger partial charge in [-0.05, 0) is 57.0 Å². The van der Waals surface area contributed by atoms with Gasteiger partial charge in [-0.1, -0.05) is 13.3 Å². The summed E-state index contributed by atoms with van der Waals surface area (Å²) in [7, 11) is 0. The summed E-state index contributed by atoms with van der Waals surface area (Å²) in [6, 6.07) is 0. The van der Waals surface area contributed by atoms with E-state index in [0.29, 0.717) is 17.9 Å². The number of hydrogen-bond acceptors (Lipinski definition) is 3. The number of rotatable bonds is 5. The summed E-state index contributed by atoms with van der Waals surface area (Å²) in [6.45, 7) is 6.44. The molecular weight excluding hydrogens is 290 g/mol. The quantitative estimate of drug-likeness (QED) is 0.755. The number of amides is 2. The molecule has 2 atom stereocenters. The van der Waals surface area contributed by atoms with Crippen LogP contribution in [0, 0.1) is 17.3 Å². The Balaban J connectivity index is 1.50. The normalized spacial score (nSPS) is 29.3. The molecule has 0 aromatic carbocycles. The van der Waals surface area contributed by atoms with Gasteiger partial charge in [-0.15, -0.1) is 0 Å². The van der Waals surface area contributed by atoms with Crippen LogP contribution in [-0.4, -0.2) is 49.4 Å². The van der Waals surface area contributed by atoms with E-state index in [9.17, 15) is 9.59 Å². The van der Waals surface area contributed by atoms with E-state index in [4.69, 9.17) is 0 Å². The molecule has 130 valence electrons. The lowest BCUT2D eigenvalue weighted by Gasteiger charge is -2.33. The van der Waals surface area contributed by atoms with Crippen molar-refractivity contribution in [3.05, 3.63) is 0 Å². The van der Waals surface area contributed by atoms with E-state index >= 15 is 0 Å². The molecule has 0 aromatic rings. The summed E-state index contributed by atoms with van der Waals surface area (Å²) in [5, 5.41) is 6.42. The van der Waals surface area contributed by atoms with Crippen LogP contribution in [0.15, 0.2) is 0 Å². The van der Waals surface area contributed by atoms with E-state index in [0.717, 1.165) is 71.1 Å². The zero-order valence-electron chi connectivity index (χ0n) is 14.4. The molecule has 23 heavy (non-hydrogen) atoms. The average molecular weight is 321 g/mol. The van der Waals surface area contributed by atoms with E-state index in [2.05, 4.69) is 17.6 Å². The lowest BCUT2D eigenvalue weighted by molar-refractivity contribution is -0.137. The predicted molar refractivity (Wildman–Crippen MR) is 89.9 cm³/mol. The molecule has 2 heterocycles. The van der Waals surface area contributed by atoms with Crippen molar-refractivity contribution >= 4 is 11.8 Å². The van der Waals surface area contributed by atoms with Gasteiger partial charge >= 0.3 is 0 Å². The van der Waals surface area contributed by atoms with Gasteiger partial charge in [0.15, 0.2) is 0 Å². The maximum absolute atomic E-state index is 12.8. The number of carbonyl (C=O) groups excluding carboxylic acids is 2. The third-order valence-electron chi connectivity index (χ3n) is 6.02. The minimum atomic E-state index is -0.00715. The van der Waals surface area contributed by atoms with Crippen LogP contribution >= 0.6 is 0 Å². The Morgan fingerprint density at radius 3 is 2.83 bits per heavy atom. The lowest BCUT2D eigenvalue weighted by Crippen LogP contribution is -2.46. The van der Waals surface area contributed by atoms with Gasteiger partial charge in [0.25, 0.3) is 0 Å². The van der Waals surface area contributed by atoms with E-state index in [1.165, 1.54) is 0 Å². The third kappa shape index (κ3) is 3.70. The Morgan fingerprint density at radius 2 is 2.09 bits per heavy atom. The van der Waals surface area contributed by atoms with E-state index in [1.807, 2.05) is 4.90 Å². The Bertz CT molecular complexity index is 446. The first-order chi connectivity index (χ1) is 11.2. The number of nitrogens with one attached hydrogen (secondary N) is 2. The molecule has 2 N–H and O–H groups in total. The maximum Gasteiger partial charge on any atom is 0.226 e. The molecule has 1 saturated carbocycles. The van der Waals surface area contributed by atoms with Crippen LogP contribution in [0.5, 0.6) is 0 Å². The molecule has 1 spiro atoms. The monoisotopic (exact) mass is 321 g/mol. The van der Waals surface area contributed by atoms with Gasteiger partial charge in [0.05, 0.1) is 5.92 Å². The predicted octanol–water partition coefficient (Wildman–Crippen LogP) is 1.53. The summed E-state index contributed by atoms with van der Waals surface area (Å²) in [6.07, 6.45) is 7.34. The topological polar surface area (TPSA) is 61.4 Å². The molecule has 2 aliphatic heterocycles. The molecule has 2 saturated heterocycles. The van der Waals surface area contributed by atoms with Crippen molar-refractivity contribution in [3.8, 4) is 0 Å². The molecule has 2 unspecified atom stereocenters. The van der Waals surface area contributed by atoms with Crippen molar-refractivity contribution < 1.29 is 9.59 Å². The largest absolute Gasteiger partial charge is 0.356 e. The summed E-state index contributed by atoms with van der Waals surface area (Å²) in [5.74, 6) is 0.681. The number of hydrogen-bond donors (Lipinski definition) is 2. The second-order valence-electron chi connectivity index (χ2n) is 7.64. The molecule has 5 heteroatoms. The van der Waals surface area contributed by atoms with Crippen LogP contribution in [0.25, 0.3) is 0 Å². The smallest absolute Gasteiger partial charge is 0.226 e. The minimum absolute atomic E-state index is 0.00715. The van der Waals surface area contributed by atoms with Crippen molar-refractivity contribution in [1.82, 2.24) is 15.5 Å². The molecule has 0 bridgehead atoms. The number of unbranched alkanes of at least 4 members (excludes halogenated alkanes) is 1. The first-order valence-electron chi connectivity index (χ1n) is 9.43. The molecule has 3 rings (SSSR count).